The second-order valence-electron chi connectivity index (χ2n) is 6.46. The fourth-order valence-electron chi connectivity index (χ4n) is 2.99. The van der Waals surface area contributed by atoms with Crippen molar-refractivity contribution in [2.24, 2.45) is 0 Å². The average Bonchev–Trinajstić information content (AvgIpc) is 2.84. The number of nitrogens with one attached hydrogen (secondary N) is 1. The fraction of sp³-hybridized carbons (Fsp3) is 0.136. The average molecular weight is 412 g/mol. The van der Waals surface area contributed by atoms with Crippen molar-refractivity contribution in [3.8, 4) is 5.75 Å². The van der Waals surface area contributed by atoms with Gasteiger partial charge in [0.25, 0.3) is 5.91 Å². The summed E-state index contributed by atoms with van der Waals surface area (Å²) in [6.45, 7) is 0.481. The number of fused-ring (bicyclic) bond motifs is 1. The molecule has 0 aromatic heterocycles. The first-order valence-corrected chi connectivity index (χ1v) is 10.1. The van der Waals surface area contributed by atoms with Crippen LogP contribution >= 0.6 is 23.4 Å². The second kappa shape index (κ2) is 8.27. The van der Waals surface area contributed by atoms with E-state index in [9.17, 15) is 9.90 Å². The van der Waals surface area contributed by atoms with Crippen molar-refractivity contribution in [1.82, 2.24) is 0 Å². The first kappa shape index (κ1) is 18.9. The number of carbonyl (C=O) groups is 1. The Bertz CT molecular complexity index is 979. The molecule has 2 atom stereocenters. The standard InChI is InChI=1S/C22H18ClNO3S/c23-16-8-11-18-19(12-16)28-21(20(25)22(26)24-18)15-6-9-17(10-7-15)27-13-14-4-2-1-3-5-14/h1-12,20-21,25H,13H2,(H,24,26)/t20-,21+/m0/s1. The lowest BCUT2D eigenvalue weighted by Gasteiger charge is -2.19. The first-order chi connectivity index (χ1) is 13.6. The van der Waals surface area contributed by atoms with Crippen LogP contribution in [0.3, 0.4) is 0 Å². The molecule has 0 fully saturated rings. The van der Waals surface area contributed by atoms with Crippen LogP contribution in [0.25, 0.3) is 0 Å². The highest BCUT2D eigenvalue weighted by Gasteiger charge is 2.32. The Morgan fingerprint density at radius 3 is 2.54 bits per heavy atom. The maximum Gasteiger partial charge on any atom is 0.254 e. The van der Waals surface area contributed by atoms with Gasteiger partial charge in [0.1, 0.15) is 18.5 Å². The fourth-order valence-corrected chi connectivity index (χ4v) is 4.48. The predicted octanol–water partition coefficient (Wildman–Crippen LogP) is 5.07. The van der Waals surface area contributed by atoms with Crippen LogP contribution in [-0.2, 0) is 11.4 Å². The van der Waals surface area contributed by atoms with Crippen LogP contribution in [-0.4, -0.2) is 17.1 Å². The van der Waals surface area contributed by atoms with Gasteiger partial charge in [0, 0.05) is 9.92 Å². The van der Waals surface area contributed by atoms with Crippen molar-refractivity contribution in [3.05, 3.63) is 88.9 Å². The molecule has 142 valence electrons. The molecule has 0 saturated heterocycles. The molecule has 0 spiro atoms. The summed E-state index contributed by atoms with van der Waals surface area (Å²) in [5.74, 6) is 0.302. The van der Waals surface area contributed by atoms with Gasteiger partial charge in [-0.1, -0.05) is 54.1 Å². The molecule has 3 aromatic rings. The molecule has 1 aliphatic rings. The number of anilines is 1. The molecular formula is C22H18ClNO3S. The minimum absolute atomic E-state index is 0.428. The summed E-state index contributed by atoms with van der Waals surface area (Å²) < 4.78 is 5.81. The van der Waals surface area contributed by atoms with Crippen LogP contribution in [0.5, 0.6) is 5.75 Å². The SMILES string of the molecule is O=C1Nc2ccc(Cl)cc2S[C@H](c2ccc(OCc3ccccc3)cc2)[C@@H]1O. The first-order valence-electron chi connectivity index (χ1n) is 8.82. The molecule has 0 unspecified atom stereocenters. The Hall–Kier alpha value is -2.47. The van der Waals surface area contributed by atoms with Crippen molar-refractivity contribution in [2.75, 3.05) is 5.32 Å². The smallest absolute Gasteiger partial charge is 0.254 e. The number of ether oxygens (including phenoxy) is 1. The maximum absolute atomic E-state index is 12.3. The minimum atomic E-state index is -1.17. The number of hydrogen-bond donors (Lipinski definition) is 2. The summed E-state index contributed by atoms with van der Waals surface area (Å²) in [4.78, 5) is 13.2. The molecule has 6 heteroatoms. The Balaban J connectivity index is 1.53. The number of amides is 1. The molecule has 2 N–H and O–H groups in total. The van der Waals surface area contributed by atoms with Gasteiger partial charge in [-0.05, 0) is 41.5 Å². The number of carbonyl (C=O) groups excluding carboxylic acids is 1. The van der Waals surface area contributed by atoms with E-state index in [1.807, 2.05) is 54.6 Å². The molecule has 4 nitrogen and oxygen atoms in total. The Kier molecular flexibility index (Phi) is 5.57. The Labute approximate surface area is 172 Å². The Morgan fingerprint density at radius 1 is 1.04 bits per heavy atom. The van der Waals surface area contributed by atoms with Gasteiger partial charge in [-0.15, -0.1) is 11.8 Å². The van der Waals surface area contributed by atoms with E-state index in [2.05, 4.69) is 5.32 Å². The number of aliphatic hydroxyl groups is 1. The van der Waals surface area contributed by atoms with Crippen LogP contribution in [0.1, 0.15) is 16.4 Å². The van der Waals surface area contributed by atoms with E-state index in [4.69, 9.17) is 16.3 Å². The Morgan fingerprint density at radius 2 is 1.79 bits per heavy atom. The summed E-state index contributed by atoms with van der Waals surface area (Å²) in [6.07, 6.45) is -1.17. The normalized spacial score (nSPS) is 18.7. The van der Waals surface area contributed by atoms with Gasteiger partial charge in [0.15, 0.2) is 0 Å². The molecular weight excluding hydrogens is 394 g/mol. The van der Waals surface area contributed by atoms with Crippen LogP contribution in [0.2, 0.25) is 5.02 Å². The quantitative estimate of drug-likeness (QED) is 0.629. The number of benzene rings is 3. The van der Waals surface area contributed by atoms with E-state index < -0.39 is 17.3 Å². The third-order valence-corrected chi connectivity index (χ3v) is 6.08. The van der Waals surface area contributed by atoms with Gasteiger partial charge < -0.3 is 15.2 Å². The van der Waals surface area contributed by atoms with Gasteiger partial charge in [-0.3, -0.25) is 4.79 Å². The summed E-state index contributed by atoms with van der Waals surface area (Å²) in [6, 6.07) is 22.7. The highest BCUT2D eigenvalue weighted by Crippen LogP contribution is 2.44. The van der Waals surface area contributed by atoms with Crippen LogP contribution in [0.15, 0.2) is 77.7 Å². The number of thioether (sulfide) groups is 1. The number of hydrogen-bond acceptors (Lipinski definition) is 4. The van der Waals surface area contributed by atoms with Gasteiger partial charge >= 0.3 is 0 Å². The van der Waals surface area contributed by atoms with E-state index in [0.717, 1.165) is 21.8 Å². The van der Waals surface area contributed by atoms with Crippen molar-refractivity contribution in [1.29, 1.82) is 0 Å². The molecule has 28 heavy (non-hydrogen) atoms. The van der Waals surface area contributed by atoms with Crippen molar-refractivity contribution in [3.63, 3.8) is 0 Å². The molecule has 0 saturated carbocycles. The van der Waals surface area contributed by atoms with E-state index in [1.54, 1.807) is 18.2 Å². The van der Waals surface area contributed by atoms with Crippen LogP contribution in [0, 0.1) is 0 Å². The zero-order chi connectivity index (χ0) is 19.5. The molecule has 1 aliphatic heterocycles. The molecule has 0 bridgehead atoms. The summed E-state index contributed by atoms with van der Waals surface area (Å²) >= 11 is 7.51. The maximum atomic E-state index is 12.3. The second-order valence-corrected chi connectivity index (χ2v) is 8.08. The van der Waals surface area contributed by atoms with Gasteiger partial charge in [0.2, 0.25) is 0 Å². The number of aliphatic hydroxyl groups excluding tert-OH is 1. The van der Waals surface area contributed by atoms with Crippen molar-refractivity contribution in [2.45, 2.75) is 22.9 Å². The summed E-state index contributed by atoms with van der Waals surface area (Å²) in [5, 5.41) is 13.4. The van der Waals surface area contributed by atoms with E-state index in [0.29, 0.717) is 17.3 Å². The van der Waals surface area contributed by atoms with Crippen LogP contribution < -0.4 is 10.1 Å². The monoisotopic (exact) mass is 411 g/mol. The molecule has 3 aromatic carbocycles. The zero-order valence-electron chi connectivity index (χ0n) is 14.8. The molecule has 4 rings (SSSR count). The van der Waals surface area contributed by atoms with Gasteiger partial charge in [-0.2, -0.15) is 0 Å². The van der Waals surface area contributed by atoms with Crippen molar-refractivity contribution >= 4 is 35.0 Å². The lowest BCUT2D eigenvalue weighted by Crippen LogP contribution is -2.30. The van der Waals surface area contributed by atoms with E-state index >= 15 is 0 Å². The highest BCUT2D eigenvalue weighted by molar-refractivity contribution is 7.99. The minimum Gasteiger partial charge on any atom is -0.489 e. The molecule has 0 aliphatic carbocycles. The topological polar surface area (TPSA) is 58.6 Å². The largest absolute Gasteiger partial charge is 0.489 e. The summed E-state index contributed by atoms with van der Waals surface area (Å²) in [5.41, 5.74) is 2.59. The number of halogens is 1. The highest BCUT2D eigenvalue weighted by atomic mass is 35.5. The molecule has 1 amide bonds. The lowest BCUT2D eigenvalue weighted by atomic mass is 10.1. The van der Waals surface area contributed by atoms with Crippen molar-refractivity contribution < 1.29 is 14.6 Å². The third-order valence-electron chi connectivity index (χ3n) is 4.47. The van der Waals surface area contributed by atoms with Crippen LogP contribution in [0.4, 0.5) is 5.69 Å². The lowest BCUT2D eigenvalue weighted by molar-refractivity contribution is -0.124. The third kappa shape index (κ3) is 4.17. The van der Waals surface area contributed by atoms with Gasteiger partial charge in [-0.25, -0.2) is 0 Å². The molecule has 0 radical (unpaired) electrons. The zero-order valence-corrected chi connectivity index (χ0v) is 16.4. The number of rotatable bonds is 4. The van der Waals surface area contributed by atoms with E-state index in [-0.39, 0.29) is 0 Å². The summed E-state index contributed by atoms with van der Waals surface area (Å²) in [7, 11) is 0. The predicted molar refractivity (Wildman–Crippen MR) is 112 cm³/mol. The van der Waals surface area contributed by atoms with Gasteiger partial charge in [0.05, 0.1) is 10.9 Å². The van der Waals surface area contributed by atoms with E-state index in [1.165, 1.54) is 11.8 Å². The molecule has 1 heterocycles.